The second-order valence-electron chi connectivity index (χ2n) is 5.96. The number of hydrogen-bond acceptors (Lipinski definition) is 4. The Morgan fingerprint density at radius 1 is 0.926 bits per heavy atom. The van der Waals surface area contributed by atoms with Gasteiger partial charge in [0.2, 0.25) is 11.8 Å². The van der Waals surface area contributed by atoms with Crippen LogP contribution in [0.1, 0.15) is 24.2 Å². The van der Waals surface area contributed by atoms with Gasteiger partial charge in [0.25, 0.3) is 5.91 Å². The van der Waals surface area contributed by atoms with Crippen molar-refractivity contribution in [2.45, 2.75) is 13.8 Å². The molecule has 0 atom stereocenters. The van der Waals surface area contributed by atoms with Crippen LogP contribution >= 0.6 is 0 Å². The summed E-state index contributed by atoms with van der Waals surface area (Å²) in [5.41, 5.74) is 2.72. The lowest BCUT2D eigenvalue weighted by atomic mass is 10.2. The molecule has 2 aromatic rings. The Hall–Kier alpha value is -3.35. The quantitative estimate of drug-likeness (QED) is 0.700. The highest BCUT2D eigenvalue weighted by Crippen LogP contribution is 2.17. The van der Waals surface area contributed by atoms with Crippen molar-refractivity contribution in [2.24, 2.45) is 0 Å². The van der Waals surface area contributed by atoms with Gasteiger partial charge in [-0.25, -0.2) is 0 Å². The van der Waals surface area contributed by atoms with Crippen LogP contribution in [0, 0.1) is 0 Å². The third-order valence-corrected chi connectivity index (χ3v) is 3.95. The van der Waals surface area contributed by atoms with E-state index < -0.39 is 0 Å². The molecule has 2 rings (SSSR count). The van der Waals surface area contributed by atoms with Crippen molar-refractivity contribution in [2.75, 3.05) is 35.7 Å². The molecule has 3 N–H and O–H groups in total. The predicted molar refractivity (Wildman–Crippen MR) is 107 cm³/mol. The Labute approximate surface area is 158 Å². The van der Waals surface area contributed by atoms with Gasteiger partial charge in [0.05, 0.1) is 6.54 Å². The maximum absolute atomic E-state index is 12.1. The molecule has 0 aliphatic rings. The summed E-state index contributed by atoms with van der Waals surface area (Å²) < 4.78 is 0. The number of carbonyl (C=O) groups is 3. The maximum Gasteiger partial charge on any atom is 0.251 e. The predicted octanol–water partition coefficient (Wildman–Crippen LogP) is 2.47. The van der Waals surface area contributed by atoms with Crippen molar-refractivity contribution in [3.05, 3.63) is 54.1 Å². The van der Waals surface area contributed by atoms with Crippen molar-refractivity contribution < 1.29 is 14.4 Å². The first kappa shape index (κ1) is 20.0. The van der Waals surface area contributed by atoms with Crippen molar-refractivity contribution in [3.63, 3.8) is 0 Å². The number of benzene rings is 2. The molecule has 7 nitrogen and oxygen atoms in total. The first-order chi connectivity index (χ1) is 12.9. The third kappa shape index (κ3) is 5.85. The summed E-state index contributed by atoms with van der Waals surface area (Å²) in [7, 11) is 1.70. The molecular formula is C20H24N4O3. The second kappa shape index (κ2) is 9.38. The number of hydrogen-bond donors (Lipinski definition) is 3. The van der Waals surface area contributed by atoms with E-state index in [0.717, 1.165) is 11.4 Å². The van der Waals surface area contributed by atoms with Crippen LogP contribution in [0.3, 0.4) is 0 Å². The molecule has 0 saturated carbocycles. The SMILES string of the molecule is CCNC(=O)c1ccc(NC(=O)CNc2ccc(N(C)C(C)=O)cc2)cc1. The fraction of sp³-hybridized carbons (Fsp3) is 0.250. The van der Waals surface area contributed by atoms with Gasteiger partial charge in [0.15, 0.2) is 0 Å². The summed E-state index contributed by atoms with van der Waals surface area (Å²) in [4.78, 5) is 36.7. The number of amides is 3. The molecule has 0 heterocycles. The van der Waals surface area contributed by atoms with E-state index in [4.69, 9.17) is 0 Å². The highest BCUT2D eigenvalue weighted by atomic mass is 16.2. The summed E-state index contributed by atoms with van der Waals surface area (Å²) in [5, 5.41) is 8.52. The molecule has 0 unspecified atom stereocenters. The van der Waals surface area contributed by atoms with Crippen LogP contribution in [0.5, 0.6) is 0 Å². The average Bonchev–Trinajstić information content (AvgIpc) is 2.67. The zero-order valence-corrected chi connectivity index (χ0v) is 15.7. The van der Waals surface area contributed by atoms with Gasteiger partial charge < -0.3 is 20.9 Å². The molecular weight excluding hydrogens is 344 g/mol. The average molecular weight is 368 g/mol. The fourth-order valence-corrected chi connectivity index (χ4v) is 2.34. The Morgan fingerprint density at radius 2 is 1.52 bits per heavy atom. The van der Waals surface area contributed by atoms with E-state index in [1.165, 1.54) is 6.92 Å². The van der Waals surface area contributed by atoms with E-state index in [0.29, 0.717) is 17.8 Å². The van der Waals surface area contributed by atoms with E-state index in [1.54, 1.807) is 36.2 Å². The minimum Gasteiger partial charge on any atom is -0.376 e. The molecule has 7 heteroatoms. The second-order valence-corrected chi connectivity index (χ2v) is 5.96. The van der Waals surface area contributed by atoms with E-state index in [-0.39, 0.29) is 24.3 Å². The monoisotopic (exact) mass is 368 g/mol. The summed E-state index contributed by atoms with van der Waals surface area (Å²) in [6.07, 6.45) is 0. The van der Waals surface area contributed by atoms with Gasteiger partial charge in [0.1, 0.15) is 0 Å². The minimum atomic E-state index is -0.203. The molecule has 0 aliphatic heterocycles. The summed E-state index contributed by atoms with van der Waals surface area (Å²) in [6.45, 7) is 4.02. The lowest BCUT2D eigenvalue weighted by Gasteiger charge is -2.15. The summed E-state index contributed by atoms with van der Waals surface area (Å²) in [6, 6.07) is 13.9. The summed E-state index contributed by atoms with van der Waals surface area (Å²) >= 11 is 0. The Kier molecular flexibility index (Phi) is 6.93. The van der Waals surface area contributed by atoms with Gasteiger partial charge >= 0.3 is 0 Å². The fourth-order valence-electron chi connectivity index (χ4n) is 2.34. The van der Waals surface area contributed by atoms with Crippen molar-refractivity contribution in [1.29, 1.82) is 0 Å². The van der Waals surface area contributed by atoms with Crippen LogP contribution in [-0.2, 0) is 9.59 Å². The lowest BCUT2D eigenvalue weighted by molar-refractivity contribution is -0.116. The van der Waals surface area contributed by atoms with Gasteiger partial charge in [-0.05, 0) is 55.5 Å². The topological polar surface area (TPSA) is 90.5 Å². The summed E-state index contributed by atoms with van der Waals surface area (Å²) in [5.74, 6) is -0.394. The largest absolute Gasteiger partial charge is 0.376 e. The molecule has 0 aliphatic carbocycles. The molecule has 3 amide bonds. The Morgan fingerprint density at radius 3 is 2.07 bits per heavy atom. The third-order valence-electron chi connectivity index (χ3n) is 3.95. The molecule has 0 spiro atoms. The standard InChI is InChI=1S/C20H24N4O3/c1-4-21-20(27)15-5-7-17(8-6-15)23-19(26)13-22-16-9-11-18(12-10-16)24(3)14(2)25/h5-12,22H,4,13H2,1-3H3,(H,21,27)(H,23,26). The zero-order chi connectivity index (χ0) is 19.8. The zero-order valence-electron chi connectivity index (χ0n) is 15.7. The molecule has 0 bridgehead atoms. The van der Waals surface area contributed by atoms with E-state index >= 15 is 0 Å². The van der Waals surface area contributed by atoms with Gasteiger partial charge in [0, 0.05) is 43.1 Å². The Balaban J connectivity index is 1.85. The molecule has 2 aromatic carbocycles. The highest BCUT2D eigenvalue weighted by molar-refractivity contribution is 5.96. The van der Waals surface area contributed by atoms with Gasteiger partial charge in [-0.1, -0.05) is 0 Å². The van der Waals surface area contributed by atoms with Crippen molar-refractivity contribution in [3.8, 4) is 0 Å². The van der Waals surface area contributed by atoms with Crippen molar-refractivity contribution in [1.82, 2.24) is 5.32 Å². The first-order valence-electron chi connectivity index (χ1n) is 8.67. The molecule has 0 saturated heterocycles. The van der Waals surface area contributed by atoms with Gasteiger partial charge in [-0.2, -0.15) is 0 Å². The van der Waals surface area contributed by atoms with Gasteiger partial charge in [-0.15, -0.1) is 0 Å². The van der Waals surface area contributed by atoms with E-state index in [9.17, 15) is 14.4 Å². The normalized spacial score (nSPS) is 10.0. The van der Waals surface area contributed by atoms with Gasteiger partial charge in [-0.3, -0.25) is 14.4 Å². The minimum absolute atomic E-state index is 0.0479. The number of rotatable bonds is 7. The lowest BCUT2D eigenvalue weighted by Crippen LogP contribution is -2.23. The number of carbonyl (C=O) groups excluding carboxylic acids is 3. The van der Waals surface area contributed by atoms with Crippen LogP contribution < -0.4 is 20.9 Å². The molecule has 27 heavy (non-hydrogen) atoms. The number of anilines is 3. The van der Waals surface area contributed by atoms with Crippen LogP contribution in [0.15, 0.2) is 48.5 Å². The molecule has 0 aromatic heterocycles. The van der Waals surface area contributed by atoms with E-state index in [1.807, 2.05) is 31.2 Å². The van der Waals surface area contributed by atoms with Crippen LogP contribution in [-0.4, -0.2) is 37.9 Å². The van der Waals surface area contributed by atoms with Crippen LogP contribution in [0.2, 0.25) is 0 Å². The maximum atomic E-state index is 12.1. The van der Waals surface area contributed by atoms with E-state index in [2.05, 4.69) is 16.0 Å². The van der Waals surface area contributed by atoms with Crippen LogP contribution in [0.4, 0.5) is 17.1 Å². The highest BCUT2D eigenvalue weighted by Gasteiger charge is 2.07. The molecule has 142 valence electrons. The molecule has 0 radical (unpaired) electrons. The molecule has 0 fully saturated rings. The first-order valence-corrected chi connectivity index (χ1v) is 8.67. The Bertz CT molecular complexity index is 801. The number of nitrogens with one attached hydrogen (secondary N) is 3. The van der Waals surface area contributed by atoms with Crippen molar-refractivity contribution >= 4 is 34.8 Å². The van der Waals surface area contributed by atoms with Crippen LogP contribution in [0.25, 0.3) is 0 Å². The number of nitrogens with zero attached hydrogens (tertiary/aromatic N) is 1. The smallest absolute Gasteiger partial charge is 0.251 e.